The topological polar surface area (TPSA) is 73.4 Å². The first-order valence-corrected chi connectivity index (χ1v) is 13.2. The van der Waals surface area contributed by atoms with Gasteiger partial charge in [0.15, 0.2) is 0 Å². The minimum absolute atomic E-state index is 0.0385. The number of nitrogens with zero attached hydrogens (tertiary/aromatic N) is 4. The summed E-state index contributed by atoms with van der Waals surface area (Å²) in [6, 6.07) is 14.4. The Morgan fingerprint density at radius 3 is 2.65 bits per heavy atom. The molecule has 0 saturated carbocycles. The van der Waals surface area contributed by atoms with Crippen LogP contribution in [-0.2, 0) is 11.3 Å². The molecule has 2 aromatic heterocycles. The van der Waals surface area contributed by atoms with Gasteiger partial charge in [-0.25, -0.2) is 14.4 Å². The molecule has 0 aliphatic carbocycles. The van der Waals surface area contributed by atoms with Gasteiger partial charge in [0.25, 0.3) is 0 Å². The lowest BCUT2D eigenvalue weighted by Crippen LogP contribution is -2.49. The van der Waals surface area contributed by atoms with Crippen molar-refractivity contribution >= 4 is 29.1 Å². The molecule has 4 heterocycles. The van der Waals surface area contributed by atoms with Crippen LogP contribution in [-0.4, -0.2) is 64.4 Å². The predicted octanol–water partition coefficient (Wildman–Crippen LogP) is 5.05. The van der Waals surface area contributed by atoms with Gasteiger partial charge >= 0.3 is 0 Å². The summed E-state index contributed by atoms with van der Waals surface area (Å²) in [5.41, 5.74) is 2.34. The zero-order chi connectivity index (χ0) is 25.8. The van der Waals surface area contributed by atoms with Gasteiger partial charge in [0.2, 0.25) is 5.91 Å². The molecule has 0 unspecified atom stereocenters. The number of carbonyl (C=O) groups is 1. The van der Waals surface area contributed by atoms with E-state index in [9.17, 15) is 9.18 Å². The molecule has 194 valence electrons. The molecule has 1 aromatic carbocycles. The van der Waals surface area contributed by atoms with Crippen molar-refractivity contribution in [2.24, 2.45) is 0 Å². The van der Waals surface area contributed by atoms with Crippen LogP contribution in [0.5, 0.6) is 0 Å². The van der Waals surface area contributed by atoms with Gasteiger partial charge in [-0.2, -0.15) is 0 Å². The maximum Gasteiger partial charge on any atom is 0.239 e. The number of likely N-dealkylation sites (tertiary alicyclic amines) is 2. The number of pyridine rings is 2. The Hall–Kier alpha value is -3.23. The van der Waals surface area contributed by atoms with Gasteiger partial charge in [0.1, 0.15) is 17.5 Å². The number of aromatic nitrogens is 2. The Bertz CT molecular complexity index is 1250. The van der Waals surface area contributed by atoms with Crippen molar-refractivity contribution in [1.29, 1.82) is 0 Å². The van der Waals surface area contributed by atoms with E-state index in [4.69, 9.17) is 16.6 Å². The number of piperidine rings is 1. The van der Waals surface area contributed by atoms with E-state index in [1.807, 2.05) is 42.3 Å². The van der Waals surface area contributed by atoms with E-state index in [2.05, 4.69) is 20.5 Å². The highest BCUT2D eigenvalue weighted by molar-refractivity contribution is 6.33. The number of hydrogen-bond acceptors (Lipinski definition) is 6. The zero-order valence-corrected chi connectivity index (χ0v) is 21.7. The summed E-state index contributed by atoms with van der Waals surface area (Å²) in [5.74, 6) is 1.42. The van der Waals surface area contributed by atoms with Gasteiger partial charge < -0.3 is 15.5 Å². The maximum absolute atomic E-state index is 13.5. The Kier molecular flexibility index (Phi) is 7.86. The molecule has 2 N–H and O–H groups in total. The Morgan fingerprint density at radius 2 is 1.89 bits per heavy atom. The minimum Gasteiger partial charge on any atom is -0.367 e. The second-order valence-corrected chi connectivity index (χ2v) is 10.2. The fourth-order valence-electron chi connectivity index (χ4n) is 5.12. The predicted molar refractivity (Wildman–Crippen MR) is 145 cm³/mol. The lowest BCUT2D eigenvalue weighted by molar-refractivity contribution is -0.136. The first-order valence-electron chi connectivity index (χ1n) is 12.8. The Morgan fingerprint density at radius 1 is 1.08 bits per heavy atom. The molecule has 0 spiro atoms. The molecule has 1 amide bonds. The van der Waals surface area contributed by atoms with E-state index < -0.39 is 0 Å². The lowest BCUT2D eigenvalue weighted by Gasteiger charge is -2.35. The third-order valence-corrected chi connectivity index (χ3v) is 7.51. The van der Waals surface area contributed by atoms with Crippen molar-refractivity contribution in [3.05, 3.63) is 71.1 Å². The van der Waals surface area contributed by atoms with Gasteiger partial charge in [-0.15, -0.1) is 0 Å². The number of halogens is 2. The van der Waals surface area contributed by atoms with E-state index >= 15 is 0 Å². The average molecular weight is 523 g/mol. The van der Waals surface area contributed by atoms with Crippen LogP contribution >= 0.6 is 11.6 Å². The van der Waals surface area contributed by atoms with Gasteiger partial charge in [0.05, 0.1) is 16.8 Å². The number of rotatable bonds is 7. The quantitative estimate of drug-likeness (QED) is 0.452. The van der Waals surface area contributed by atoms with Crippen LogP contribution in [0.15, 0.2) is 54.7 Å². The Balaban J connectivity index is 1.21. The highest BCUT2D eigenvalue weighted by atomic mass is 35.5. The van der Waals surface area contributed by atoms with E-state index in [0.717, 1.165) is 68.0 Å². The highest BCUT2D eigenvalue weighted by Gasteiger charge is 2.33. The summed E-state index contributed by atoms with van der Waals surface area (Å²) in [7, 11) is 2.04. The summed E-state index contributed by atoms with van der Waals surface area (Å²) < 4.78 is 13.5. The fourth-order valence-corrected chi connectivity index (χ4v) is 5.32. The molecule has 2 fully saturated rings. The number of anilines is 2. The molecule has 2 aliphatic heterocycles. The van der Waals surface area contributed by atoms with Crippen molar-refractivity contribution in [2.75, 3.05) is 37.3 Å². The molecule has 37 heavy (non-hydrogen) atoms. The SMILES string of the molecule is CN1CCC[C@H]1C(=O)N1CCC(Nc2cc(-c3cccc(NCc4cccc(F)c4)n3)c(Cl)cn2)CC1. The van der Waals surface area contributed by atoms with Gasteiger partial charge in [-0.05, 0) is 75.2 Å². The molecular formula is C28H32ClFN6O. The normalized spacial score (nSPS) is 18.7. The number of benzene rings is 1. The first kappa shape index (κ1) is 25.4. The molecule has 2 saturated heterocycles. The number of hydrogen-bond donors (Lipinski definition) is 2. The van der Waals surface area contributed by atoms with Crippen molar-refractivity contribution in [3.63, 3.8) is 0 Å². The van der Waals surface area contributed by atoms with Crippen molar-refractivity contribution in [1.82, 2.24) is 19.8 Å². The lowest BCUT2D eigenvalue weighted by atomic mass is 10.0. The van der Waals surface area contributed by atoms with Crippen LogP contribution in [0.3, 0.4) is 0 Å². The molecule has 2 aliphatic rings. The fraction of sp³-hybridized carbons (Fsp3) is 0.393. The molecule has 0 bridgehead atoms. The van der Waals surface area contributed by atoms with Crippen LogP contribution in [0.4, 0.5) is 16.0 Å². The second-order valence-electron chi connectivity index (χ2n) is 9.82. The molecule has 5 rings (SSSR count). The van der Waals surface area contributed by atoms with Crippen molar-refractivity contribution in [3.8, 4) is 11.3 Å². The number of amides is 1. The van der Waals surface area contributed by atoms with E-state index in [1.54, 1.807) is 12.3 Å². The number of likely N-dealkylation sites (N-methyl/N-ethyl adjacent to an activating group) is 1. The van der Waals surface area contributed by atoms with Crippen molar-refractivity contribution in [2.45, 2.75) is 44.3 Å². The van der Waals surface area contributed by atoms with Crippen molar-refractivity contribution < 1.29 is 9.18 Å². The largest absolute Gasteiger partial charge is 0.367 e. The summed E-state index contributed by atoms with van der Waals surface area (Å²) in [5, 5.41) is 7.29. The second kappa shape index (κ2) is 11.4. The van der Waals surface area contributed by atoms with Gasteiger partial charge in [0, 0.05) is 37.4 Å². The van der Waals surface area contributed by atoms with Crippen LogP contribution < -0.4 is 10.6 Å². The molecule has 9 heteroatoms. The third-order valence-electron chi connectivity index (χ3n) is 7.21. The molecule has 3 aromatic rings. The van der Waals surface area contributed by atoms with Crippen LogP contribution in [0.1, 0.15) is 31.2 Å². The van der Waals surface area contributed by atoms with E-state index in [0.29, 0.717) is 17.4 Å². The average Bonchev–Trinajstić information content (AvgIpc) is 3.34. The zero-order valence-electron chi connectivity index (χ0n) is 21.0. The summed E-state index contributed by atoms with van der Waals surface area (Å²) in [6.07, 6.45) is 5.44. The van der Waals surface area contributed by atoms with E-state index in [-0.39, 0.29) is 23.8 Å². The minimum atomic E-state index is -0.261. The highest BCUT2D eigenvalue weighted by Crippen LogP contribution is 2.30. The molecular weight excluding hydrogens is 491 g/mol. The molecule has 0 radical (unpaired) electrons. The monoisotopic (exact) mass is 522 g/mol. The van der Waals surface area contributed by atoms with Gasteiger partial charge in [-0.3, -0.25) is 9.69 Å². The number of nitrogens with one attached hydrogen (secondary N) is 2. The van der Waals surface area contributed by atoms with Crippen LogP contribution in [0.25, 0.3) is 11.3 Å². The third kappa shape index (κ3) is 6.19. The first-order chi connectivity index (χ1) is 18.0. The molecule has 7 nitrogen and oxygen atoms in total. The maximum atomic E-state index is 13.5. The summed E-state index contributed by atoms with van der Waals surface area (Å²) in [4.78, 5) is 26.3. The van der Waals surface area contributed by atoms with E-state index in [1.165, 1.54) is 12.1 Å². The standard InChI is InChI=1S/C28H32ClFN6O/c1-35-12-4-8-25(35)28(37)36-13-10-21(11-14-36)33-27-16-22(23(29)18-32-27)24-7-3-9-26(34-24)31-17-19-5-2-6-20(30)15-19/h2-3,5-7,9,15-16,18,21,25H,4,8,10-14,17H2,1H3,(H,31,34)(H,32,33)/t25-/m0/s1. The smallest absolute Gasteiger partial charge is 0.239 e. The summed E-state index contributed by atoms with van der Waals surface area (Å²) >= 11 is 6.50. The van der Waals surface area contributed by atoms with Crippen LogP contribution in [0, 0.1) is 5.82 Å². The van der Waals surface area contributed by atoms with Gasteiger partial charge in [-0.1, -0.05) is 29.8 Å². The van der Waals surface area contributed by atoms with Crippen LogP contribution in [0.2, 0.25) is 5.02 Å². The Labute approximate surface area is 222 Å². The summed E-state index contributed by atoms with van der Waals surface area (Å²) in [6.45, 7) is 2.97. The number of carbonyl (C=O) groups excluding carboxylic acids is 1. The molecule has 1 atom stereocenters.